The third-order valence-electron chi connectivity index (χ3n) is 4.06. The monoisotopic (exact) mass is 391 g/mol. The number of aromatic nitrogens is 2. The minimum Gasteiger partial charge on any atom is -0.364 e. The van der Waals surface area contributed by atoms with E-state index in [4.69, 9.17) is 5.73 Å². The highest BCUT2D eigenvalue weighted by Gasteiger charge is 2.34. The number of carbonyl (C=O) groups excluding carboxylic acids is 1. The van der Waals surface area contributed by atoms with Gasteiger partial charge < -0.3 is 10.3 Å². The zero-order valence-electron chi connectivity index (χ0n) is 14.4. The van der Waals surface area contributed by atoms with Crippen molar-refractivity contribution < 1.29 is 22.4 Å². The molecule has 144 valence electrons. The van der Waals surface area contributed by atoms with Crippen molar-refractivity contribution in [1.82, 2.24) is 9.55 Å². The molecule has 3 aromatic rings. The summed E-state index contributed by atoms with van der Waals surface area (Å²) >= 11 is 0. The molecule has 9 heteroatoms. The Morgan fingerprint density at radius 3 is 2.43 bits per heavy atom. The van der Waals surface area contributed by atoms with Gasteiger partial charge in [-0.15, -0.1) is 0 Å². The molecule has 0 atom stereocenters. The molecule has 0 aliphatic rings. The summed E-state index contributed by atoms with van der Waals surface area (Å²) in [5.74, 6) is -1.87. The van der Waals surface area contributed by atoms with Crippen molar-refractivity contribution in [2.75, 3.05) is 0 Å². The number of amides is 1. The quantitative estimate of drug-likeness (QED) is 0.696. The molecular formula is C19H13F4N3O2. The molecule has 28 heavy (non-hydrogen) atoms. The molecule has 0 unspecified atom stereocenters. The van der Waals surface area contributed by atoms with E-state index in [1.54, 1.807) is 0 Å². The lowest BCUT2D eigenvalue weighted by molar-refractivity contribution is -0.137. The van der Waals surface area contributed by atoms with E-state index in [1.807, 2.05) is 0 Å². The molecule has 0 radical (unpaired) electrons. The van der Waals surface area contributed by atoms with Gasteiger partial charge in [-0.1, -0.05) is 24.3 Å². The fraction of sp³-hybridized carbons (Fsp3) is 0.105. The number of hydrogen-bond donors (Lipinski definition) is 1. The van der Waals surface area contributed by atoms with E-state index in [-0.39, 0.29) is 28.1 Å². The topological polar surface area (TPSA) is 78.0 Å². The van der Waals surface area contributed by atoms with E-state index in [1.165, 1.54) is 37.5 Å². The first-order chi connectivity index (χ1) is 13.1. The first kappa shape index (κ1) is 19.3. The second kappa shape index (κ2) is 6.91. The van der Waals surface area contributed by atoms with Gasteiger partial charge in [0.05, 0.1) is 5.56 Å². The summed E-state index contributed by atoms with van der Waals surface area (Å²) in [4.78, 5) is 27.7. The second-order valence-electron chi connectivity index (χ2n) is 6.02. The number of hydrogen-bond acceptors (Lipinski definition) is 3. The van der Waals surface area contributed by atoms with Crippen LogP contribution >= 0.6 is 0 Å². The molecule has 1 aromatic heterocycles. The average molecular weight is 391 g/mol. The van der Waals surface area contributed by atoms with E-state index in [0.717, 1.165) is 16.7 Å². The summed E-state index contributed by atoms with van der Waals surface area (Å²) in [7, 11) is 1.39. The lowest BCUT2D eigenvalue weighted by Gasteiger charge is -2.14. The van der Waals surface area contributed by atoms with Crippen LogP contribution in [0.5, 0.6) is 0 Å². The minimum absolute atomic E-state index is 0.109. The first-order valence-electron chi connectivity index (χ1n) is 7.93. The molecule has 0 fully saturated rings. The normalized spacial score (nSPS) is 11.5. The van der Waals surface area contributed by atoms with Crippen LogP contribution in [-0.4, -0.2) is 15.5 Å². The Morgan fingerprint density at radius 2 is 1.79 bits per heavy atom. The number of carbonyl (C=O) groups is 1. The molecule has 0 aliphatic carbocycles. The molecular weight excluding hydrogens is 378 g/mol. The van der Waals surface area contributed by atoms with Crippen LogP contribution < -0.4 is 11.3 Å². The van der Waals surface area contributed by atoms with Gasteiger partial charge in [-0.25, -0.2) is 9.37 Å². The van der Waals surface area contributed by atoms with Crippen molar-refractivity contribution in [3.63, 3.8) is 0 Å². The molecule has 1 heterocycles. The minimum atomic E-state index is -4.77. The predicted octanol–water partition coefficient (Wildman–Crippen LogP) is 3.37. The van der Waals surface area contributed by atoms with Gasteiger partial charge in [-0.05, 0) is 29.3 Å². The Kier molecular flexibility index (Phi) is 4.76. The van der Waals surface area contributed by atoms with Crippen LogP contribution in [-0.2, 0) is 13.2 Å². The van der Waals surface area contributed by atoms with E-state index in [0.29, 0.717) is 6.07 Å². The Bertz CT molecular complexity index is 1140. The summed E-state index contributed by atoms with van der Waals surface area (Å²) in [6, 6.07) is 7.96. The third-order valence-corrected chi connectivity index (χ3v) is 4.06. The van der Waals surface area contributed by atoms with Gasteiger partial charge in [0, 0.05) is 18.8 Å². The van der Waals surface area contributed by atoms with Crippen LogP contribution in [0, 0.1) is 5.82 Å². The maximum Gasteiger partial charge on any atom is 0.417 e. The molecule has 0 aliphatic heterocycles. The molecule has 3 rings (SSSR count). The number of primary amides is 1. The van der Waals surface area contributed by atoms with Gasteiger partial charge in [0.2, 0.25) is 0 Å². The Balaban J connectivity index is 2.21. The smallest absolute Gasteiger partial charge is 0.364 e. The maximum absolute atomic E-state index is 13.4. The third kappa shape index (κ3) is 3.64. The highest BCUT2D eigenvalue weighted by molar-refractivity contribution is 5.91. The summed E-state index contributed by atoms with van der Waals surface area (Å²) in [5.41, 5.74) is 3.25. The molecule has 2 aromatic carbocycles. The van der Waals surface area contributed by atoms with Crippen LogP contribution in [0.15, 0.2) is 53.5 Å². The Hall–Kier alpha value is -3.49. The van der Waals surface area contributed by atoms with E-state index >= 15 is 0 Å². The molecule has 0 bridgehead atoms. The van der Waals surface area contributed by atoms with Gasteiger partial charge in [0.1, 0.15) is 17.2 Å². The number of nitrogens with zero attached hydrogens (tertiary/aromatic N) is 2. The van der Waals surface area contributed by atoms with Gasteiger partial charge in [0.15, 0.2) is 0 Å². The lowest BCUT2D eigenvalue weighted by atomic mass is 9.97. The van der Waals surface area contributed by atoms with Crippen molar-refractivity contribution in [3.8, 4) is 22.4 Å². The van der Waals surface area contributed by atoms with E-state index < -0.39 is 29.0 Å². The number of nitrogens with two attached hydrogens (primary N) is 1. The average Bonchev–Trinajstić information content (AvgIpc) is 2.63. The van der Waals surface area contributed by atoms with Crippen molar-refractivity contribution in [1.29, 1.82) is 0 Å². The highest BCUT2D eigenvalue weighted by Crippen LogP contribution is 2.38. The van der Waals surface area contributed by atoms with Crippen molar-refractivity contribution in [2.24, 2.45) is 12.8 Å². The van der Waals surface area contributed by atoms with Crippen LogP contribution in [0.4, 0.5) is 17.6 Å². The largest absolute Gasteiger partial charge is 0.417 e. The molecule has 0 saturated heterocycles. The zero-order valence-corrected chi connectivity index (χ0v) is 14.4. The second-order valence-corrected chi connectivity index (χ2v) is 6.02. The molecule has 2 N–H and O–H groups in total. The van der Waals surface area contributed by atoms with Crippen molar-refractivity contribution >= 4 is 5.91 Å². The Labute approximate surface area is 156 Å². The van der Waals surface area contributed by atoms with Crippen molar-refractivity contribution in [3.05, 3.63) is 76.1 Å². The first-order valence-corrected chi connectivity index (χ1v) is 7.93. The standard InChI is InChI=1S/C19H13F4N3O2/c1-26-9-15(17(24)27)25-16(18(26)28)11-4-2-3-10(7-11)13-6-5-12(20)8-14(13)19(21,22)23/h2-9H,1H3,(H2,24,27). The van der Waals surface area contributed by atoms with E-state index in [2.05, 4.69) is 4.98 Å². The fourth-order valence-corrected chi connectivity index (χ4v) is 2.75. The molecule has 5 nitrogen and oxygen atoms in total. The van der Waals surface area contributed by atoms with Gasteiger partial charge in [-0.3, -0.25) is 9.59 Å². The number of halogens is 4. The van der Waals surface area contributed by atoms with Crippen LogP contribution in [0.2, 0.25) is 0 Å². The van der Waals surface area contributed by atoms with Gasteiger partial charge >= 0.3 is 6.18 Å². The van der Waals surface area contributed by atoms with Crippen LogP contribution in [0.3, 0.4) is 0 Å². The SMILES string of the molecule is Cn1cc(C(N)=O)nc(-c2cccc(-c3ccc(F)cc3C(F)(F)F)c2)c1=O. The van der Waals surface area contributed by atoms with E-state index in [9.17, 15) is 27.2 Å². The molecule has 1 amide bonds. The summed E-state index contributed by atoms with van der Waals surface area (Å²) in [5, 5.41) is 0. The van der Waals surface area contributed by atoms with Crippen LogP contribution in [0.1, 0.15) is 16.1 Å². The summed E-state index contributed by atoms with van der Waals surface area (Å²) in [6.07, 6.45) is -3.60. The summed E-state index contributed by atoms with van der Waals surface area (Å²) < 4.78 is 54.4. The number of rotatable bonds is 3. The van der Waals surface area contributed by atoms with Gasteiger partial charge in [0.25, 0.3) is 11.5 Å². The zero-order chi connectivity index (χ0) is 20.6. The Morgan fingerprint density at radius 1 is 1.11 bits per heavy atom. The number of benzene rings is 2. The lowest BCUT2D eigenvalue weighted by Crippen LogP contribution is -2.25. The highest BCUT2D eigenvalue weighted by atomic mass is 19.4. The van der Waals surface area contributed by atoms with Crippen molar-refractivity contribution in [2.45, 2.75) is 6.18 Å². The van der Waals surface area contributed by atoms with Gasteiger partial charge in [-0.2, -0.15) is 13.2 Å². The molecule has 0 spiro atoms. The predicted molar refractivity (Wildman–Crippen MR) is 93.8 cm³/mol. The number of alkyl halides is 3. The molecule has 0 saturated carbocycles. The summed E-state index contributed by atoms with van der Waals surface area (Å²) in [6.45, 7) is 0. The van der Waals surface area contributed by atoms with Crippen LogP contribution in [0.25, 0.3) is 22.4 Å². The number of aryl methyl sites for hydroxylation is 1. The fourth-order valence-electron chi connectivity index (χ4n) is 2.75. The maximum atomic E-state index is 13.4.